The molecule has 0 radical (unpaired) electrons. The fourth-order valence-corrected chi connectivity index (χ4v) is 3.84. The first-order valence-electron chi connectivity index (χ1n) is 9.26. The van der Waals surface area contributed by atoms with Crippen molar-refractivity contribution >= 4 is 33.0 Å². The first kappa shape index (κ1) is 18.8. The average Bonchev–Trinajstić information content (AvgIpc) is 2.69. The SMILES string of the molecule is CC(=O)c1ccc(N2CCN(Cc3cc(=O)n4cc(Br)ccc4n3)CC2)cc1. The van der Waals surface area contributed by atoms with Crippen LogP contribution in [-0.2, 0) is 6.54 Å². The summed E-state index contributed by atoms with van der Waals surface area (Å²) in [4.78, 5) is 33.0. The Kier molecular flexibility index (Phi) is 5.28. The number of rotatable bonds is 4. The van der Waals surface area contributed by atoms with Crippen molar-refractivity contribution in [2.24, 2.45) is 0 Å². The van der Waals surface area contributed by atoms with E-state index in [1.165, 1.54) is 0 Å². The van der Waals surface area contributed by atoms with Crippen molar-refractivity contribution in [1.29, 1.82) is 0 Å². The van der Waals surface area contributed by atoms with Gasteiger partial charge in [0.05, 0.1) is 5.69 Å². The zero-order chi connectivity index (χ0) is 19.7. The molecule has 0 saturated carbocycles. The molecular formula is C21H21BrN4O2. The van der Waals surface area contributed by atoms with Crippen molar-refractivity contribution < 1.29 is 4.79 Å². The molecule has 28 heavy (non-hydrogen) atoms. The van der Waals surface area contributed by atoms with Gasteiger partial charge in [-0.15, -0.1) is 0 Å². The van der Waals surface area contributed by atoms with Crippen molar-refractivity contribution in [3.05, 3.63) is 74.7 Å². The summed E-state index contributed by atoms with van der Waals surface area (Å²) < 4.78 is 2.40. The first-order valence-corrected chi connectivity index (χ1v) is 10.0. The Bertz CT molecular complexity index is 1070. The fourth-order valence-electron chi connectivity index (χ4n) is 3.51. The lowest BCUT2D eigenvalue weighted by Gasteiger charge is -2.36. The number of aromatic nitrogens is 2. The molecule has 1 aromatic carbocycles. The van der Waals surface area contributed by atoms with E-state index in [9.17, 15) is 9.59 Å². The number of pyridine rings is 1. The monoisotopic (exact) mass is 440 g/mol. The molecule has 3 heterocycles. The van der Waals surface area contributed by atoms with E-state index in [1.807, 2.05) is 36.4 Å². The molecule has 144 valence electrons. The second-order valence-corrected chi connectivity index (χ2v) is 7.94. The summed E-state index contributed by atoms with van der Waals surface area (Å²) in [6.45, 7) is 5.85. The summed E-state index contributed by atoms with van der Waals surface area (Å²) in [5.74, 6) is 0.0857. The Morgan fingerprint density at radius 1 is 1.07 bits per heavy atom. The van der Waals surface area contributed by atoms with Gasteiger partial charge in [-0.1, -0.05) is 0 Å². The number of carbonyl (C=O) groups excluding carboxylic acids is 1. The maximum Gasteiger partial charge on any atom is 0.258 e. The van der Waals surface area contributed by atoms with E-state index in [4.69, 9.17) is 0 Å². The van der Waals surface area contributed by atoms with E-state index in [0.29, 0.717) is 12.2 Å². The van der Waals surface area contributed by atoms with E-state index in [-0.39, 0.29) is 11.3 Å². The van der Waals surface area contributed by atoms with Crippen LogP contribution in [0.15, 0.2) is 57.9 Å². The van der Waals surface area contributed by atoms with Crippen LogP contribution in [0.2, 0.25) is 0 Å². The number of benzene rings is 1. The number of hydrogen-bond acceptors (Lipinski definition) is 5. The lowest BCUT2D eigenvalue weighted by atomic mass is 10.1. The first-order chi connectivity index (χ1) is 13.5. The maximum absolute atomic E-state index is 12.4. The van der Waals surface area contributed by atoms with Crippen LogP contribution in [-0.4, -0.2) is 46.2 Å². The highest BCUT2D eigenvalue weighted by Gasteiger charge is 2.18. The maximum atomic E-state index is 12.4. The summed E-state index contributed by atoms with van der Waals surface area (Å²) in [7, 11) is 0. The summed E-state index contributed by atoms with van der Waals surface area (Å²) in [6, 6.07) is 13.1. The van der Waals surface area contributed by atoms with Crippen molar-refractivity contribution in [3.63, 3.8) is 0 Å². The van der Waals surface area contributed by atoms with Gasteiger partial charge in [-0.25, -0.2) is 4.98 Å². The van der Waals surface area contributed by atoms with Gasteiger partial charge >= 0.3 is 0 Å². The van der Waals surface area contributed by atoms with Gasteiger partial charge in [0.15, 0.2) is 5.78 Å². The van der Waals surface area contributed by atoms with Crippen LogP contribution in [0.25, 0.3) is 5.65 Å². The molecule has 2 aromatic heterocycles. The van der Waals surface area contributed by atoms with E-state index in [1.54, 1.807) is 23.6 Å². The molecule has 3 aromatic rings. The van der Waals surface area contributed by atoms with Crippen LogP contribution < -0.4 is 10.5 Å². The van der Waals surface area contributed by atoms with E-state index in [2.05, 4.69) is 30.7 Å². The third-order valence-electron chi connectivity index (χ3n) is 5.07. The Morgan fingerprint density at radius 2 is 1.79 bits per heavy atom. The van der Waals surface area contributed by atoms with Crippen molar-refractivity contribution in [2.75, 3.05) is 31.1 Å². The van der Waals surface area contributed by atoms with Crippen molar-refractivity contribution in [3.8, 4) is 0 Å². The van der Waals surface area contributed by atoms with E-state index < -0.39 is 0 Å². The number of piperazine rings is 1. The minimum atomic E-state index is -0.0644. The van der Waals surface area contributed by atoms with Crippen molar-refractivity contribution in [2.45, 2.75) is 13.5 Å². The molecule has 1 aliphatic heterocycles. The van der Waals surface area contributed by atoms with Gasteiger partial charge in [0.1, 0.15) is 5.65 Å². The number of Topliss-reactive ketones (excluding diaryl/α,β-unsaturated/α-hetero) is 1. The summed E-state index contributed by atoms with van der Waals surface area (Å²) in [5, 5.41) is 0. The van der Waals surface area contributed by atoms with Crippen LogP contribution >= 0.6 is 15.9 Å². The molecule has 0 spiro atoms. The Morgan fingerprint density at radius 3 is 2.46 bits per heavy atom. The third-order valence-corrected chi connectivity index (χ3v) is 5.54. The van der Waals surface area contributed by atoms with Crippen LogP contribution in [0.1, 0.15) is 23.0 Å². The third kappa shape index (κ3) is 4.00. The van der Waals surface area contributed by atoms with Gasteiger partial charge in [0, 0.05) is 60.7 Å². The predicted octanol–water partition coefficient (Wildman–Crippen LogP) is 2.98. The topological polar surface area (TPSA) is 57.9 Å². The highest BCUT2D eigenvalue weighted by molar-refractivity contribution is 9.10. The number of nitrogens with zero attached hydrogens (tertiary/aromatic N) is 4. The van der Waals surface area contributed by atoms with Gasteiger partial charge in [-0.05, 0) is 59.3 Å². The number of hydrogen-bond donors (Lipinski definition) is 0. The Labute approximate surface area is 171 Å². The lowest BCUT2D eigenvalue weighted by Crippen LogP contribution is -2.46. The fraction of sp³-hybridized carbons (Fsp3) is 0.286. The summed E-state index contributed by atoms with van der Waals surface area (Å²) in [6.07, 6.45) is 1.74. The van der Waals surface area contributed by atoms with Crippen molar-refractivity contribution in [1.82, 2.24) is 14.3 Å². The van der Waals surface area contributed by atoms with Gasteiger partial charge in [0.2, 0.25) is 0 Å². The molecule has 1 fully saturated rings. The van der Waals surface area contributed by atoms with Crippen LogP contribution in [0, 0.1) is 0 Å². The molecule has 0 aliphatic carbocycles. The molecule has 7 heteroatoms. The molecule has 1 aliphatic rings. The smallest absolute Gasteiger partial charge is 0.258 e. The second kappa shape index (κ2) is 7.85. The standard InChI is InChI=1S/C21H21BrN4O2/c1-15(27)16-2-5-19(6-3-16)25-10-8-24(9-11-25)14-18-12-21(28)26-13-17(22)4-7-20(26)23-18/h2-7,12-13H,8-11,14H2,1H3. The number of carbonyl (C=O) groups is 1. The molecule has 0 atom stereocenters. The molecule has 0 N–H and O–H groups in total. The van der Waals surface area contributed by atoms with Gasteiger partial charge in [-0.3, -0.25) is 18.9 Å². The minimum Gasteiger partial charge on any atom is -0.369 e. The molecule has 0 amide bonds. The summed E-state index contributed by atoms with van der Waals surface area (Å²) in [5.41, 5.74) is 3.27. The molecular weight excluding hydrogens is 420 g/mol. The second-order valence-electron chi connectivity index (χ2n) is 7.03. The van der Waals surface area contributed by atoms with E-state index >= 15 is 0 Å². The van der Waals surface area contributed by atoms with Gasteiger partial charge in [-0.2, -0.15) is 0 Å². The molecule has 0 unspecified atom stereocenters. The van der Waals surface area contributed by atoms with Gasteiger partial charge in [0.25, 0.3) is 5.56 Å². The Balaban J connectivity index is 1.42. The highest BCUT2D eigenvalue weighted by Crippen LogP contribution is 2.18. The zero-order valence-electron chi connectivity index (χ0n) is 15.6. The number of ketones is 1. The zero-order valence-corrected chi connectivity index (χ0v) is 17.2. The number of fused-ring (bicyclic) bond motifs is 1. The minimum absolute atomic E-state index is 0.0644. The highest BCUT2D eigenvalue weighted by atomic mass is 79.9. The molecule has 4 rings (SSSR count). The lowest BCUT2D eigenvalue weighted by molar-refractivity contribution is 0.101. The van der Waals surface area contributed by atoms with Crippen LogP contribution in [0.4, 0.5) is 5.69 Å². The molecule has 0 bridgehead atoms. The quantitative estimate of drug-likeness (QED) is 0.583. The number of halogens is 1. The Hall–Kier alpha value is -2.51. The predicted molar refractivity (Wildman–Crippen MR) is 113 cm³/mol. The summed E-state index contributed by atoms with van der Waals surface area (Å²) >= 11 is 3.38. The average molecular weight is 441 g/mol. The van der Waals surface area contributed by atoms with Crippen LogP contribution in [0.3, 0.4) is 0 Å². The normalized spacial score (nSPS) is 15.1. The molecule has 1 saturated heterocycles. The van der Waals surface area contributed by atoms with Crippen LogP contribution in [0.5, 0.6) is 0 Å². The largest absolute Gasteiger partial charge is 0.369 e. The number of anilines is 1. The van der Waals surface area contributed by atoms with E-state index in [0.717, 1.165) is 47.6 Å². The molecule has 6 nitrogen and oxygen atoms in total. The van der Waals surface area contributed by atoms with Gasteiger partial charge < -0.3 is 4.90 Å².